The fourth-order valence-corrected chi connectivity index (χ4v) is 1.80. The first-order valence-corrected chi connectivity index (χ1v) is 6.09. The molecule has 0 aromatic heterocycles. The first-order valence-electron chi connectivity index (χ1n) is 6.09. The number of hydrogen-bond donors (Lipinski definition) is 2. The number of carbonyl (C=O) groups excluding carboxylic acids is 2. The molecule has 0 aliphatic carbocycles. The maximum atomic E-state index is 11.8. The number of amides is 2. The summed E-state index contributed by atoms with van der Waals surface area (Å²) in [5.74, 6) is -0.145. The van der Waals surface area contributed by atoms with Gasteiger partial charge in [0.1, 0.15) is 11.9 Å². The van der Waals surface area contributed by atoms with E-state index in [0.717, 1.165) is 12.8 Å². The molecule has 19 heavy (non-hydrogen) atoms. The molecule has 1 aromatic carbocycles. The molecule has 0 radical (unpaired) electrons. The molecule has 1 aromatic rings. The van der Waals surface area contributed by atoms with Crippen LogP contribution in [0, 0.1) is 0 Å². The Morgan fingerprint density at radius 1 is 1.37 bits per heavy atom. The van der Waals surface area contributed by atoms with Crippen molar-refractivity contribution in [3.8, 4) is 5.75 Å². The molecule has 1 fully saturated rings. The standard InChI is InChI=1S/C13H16N2O4/c14-12(16)8-19-10-5-3-9(4-6-10)15-13(17)11-2-1-7-18-11/h3-6,11H,1-2,7-8H2,(H2,14,16)(H,15,17)/t11-/m1/s1. The monoisotopic (exact) mass is 264 g/mol. The van der Waals surface area contributed by atoms with Gasteiger partial charge in [0.25, 0.3) is 11.8 Å². The van der Waals surface area contributed by atoms with Crippen LogP contribution >= 0.6 is 0 Å². The minimum absolute atomic E-state index is 0.136. The number of rotatable bonds is 5. The van der Waals surface area contributed by atoms with Gasteiger partial charge in [-0.05, 0) is 37.1 Å². The summed E-state index contributed by atoms with van der Waals surface area (Å²) in [6.45, 7) is 0.472. The number of nitrogens with two attached hydrogens (primary N) is 1. The summed E-state index contributed by atoms with van der Waals surface area (Å²) in [6.07, 6.45) is 1.31. The third-order valence-electron chi connectivity index (χ3n) is 2.73. The van der Waals surface area contributed by atoms with E-state index in [9.17, 15) is 9.59 Å². The van der Waals surface area contributed by atoms with Crippen molar-refractivity contribution in [2.24, 2.45) is 5.73 Å². The summed E-state index contributed by atoms with van der Waals surface area (Å²) in [5.41, 5.74) is 5.63. The lowest BCUT2D eigenvalue weighted by molar-refractivity contribution is -0.124. The molecule has 3 N–H and O–H groups in total. The minimum atomic E-state index is -0.532. The van der Waals surface area contributed by atoms with Crippen LogP contribution in [0.4, 0.5) is 5.69 Å². The molecular weight excluding hydrogens is 248 g/mol. The van der Waals surface area contributed by atoms with E-state index in [2.05, 4.69) is 5.32 Å². The average molecular weight is 264 g/mol. The van der Waals surface area contributed by atoms with Crippen LogP contribution in [0.3, 0.4) is 0 Å². The number of nitrogens with one attached hydrogen (secondary N) is 1. The zero-order valence-corrected chi connectivity index (χ0v) is 10.4. The topological polar surface area (TPSA) is 90.7 Å². The van der Waals surface area contributed by atoms with Gasteiger partial charge in [-0.2, -0.15) is 0 Å². The second kappa shape index (κ2) is 6.19. The number of hydrogen-bond acceptors (Lipinski definition) is 4. The number of primary amides is 1. The predicted octanol–water partition coefficient (Wildman–Crippen LogP) is 0.668. The first-order chi connectivity index (χ1) is 9.15. The Kier molecular flexibility index (Phi) is 4.35. The largest absolute Gasteiger partial charge is 0.484 e. The van der Waals surface area contributed by atoms with Crippen molar-refractivity contribution >= 4 is 17.5 Å². The Morgan fingerprint density at radius 3 is 2.68 bits per heavy atom. The highest BCUT2D eigenvalue weighted by Gasteiger charge is 2.23. The number of carbonyl (C=O) groups is 2. The number of ether oxygens (including phenoxy) is 2. The summed E-state index contributed by atoms with van der Waals surface area (Å²) in [4.78, 5) is 22.3. The van der Waals surface area contributed by atoms with Crippen molar-refractivity contribution < 1.29 is 19.1 Å². The summed E-state index contributed by atoms with van der Waals surface area (Å²) >= 11 is 0. The van der Waals surface area contributed by atoms with Gasteiger partial charge in [-0.1, -0.05) is 0 Å². The molecule has 0 unspecified atom stereocenters. The van der Waals surface area contributed by atoms with E-state index in [1.54, 1.807) is 24.3 Å². The molecule has 6 nitrogen and oxygen atoms in total. The maximum absolute atomic E-state index is 11.8. The second-order valence-electron chi connectivity index (χ2n) is 4.27. The summed E-state index contributed by atoms with van der Waals surface area (Å²) in [6, 6.07) is 6.72. The minimum Gasteiger partial charge on any atom is -0.484 e. The second-order valence-corrected chi connectivity index (χ2v) is 4.27. The molecule has 2 amide bonds. The van der Waals surface area contributed by atoms with E-state index in [4.69, 9.17) is 15.2 Å². The smallest absolute Gasteiger partial charge is 0.255 e. The Labute approximate surface area is 110 Å². The fourth-order valence-electron chi connectivity index (χ4n) is 1.80. The fraction of sp³-hybridized carbons (Fsp3) is 0.385. The van der Waals surface area contributed by atoms with Crippen LogP contribution in [0.25, 0.3) is 0 Å². The first kappa shape index (κ1) is 13.4. The summed E-state index contributed by atoms with van der Waals surface area (Å²) in [7, 11) is 0. The quantitative estimate of drug-likeness (QED) is 0.817. The molecule has 0 saturated carbocycles. The molecule has 102 valence electrons. The third-order valence-corrected chi connectivity index (χ3v) is 2.73. The van der Waals surface area contributed by atoms with Crippen LogP contribution in [-0.4, -0.2) is 31.1 Å². The Bertz CT molecular complexity index is 452. The molecule has 1 heterocycles. The van der Waals surface area contributed by atoms with Gasteiger partial charge in [-0.3, -0.25) is 9.59 Å². The maximum Gasteiger partial charge on any atom is 0.255 e. The lowest BCUT2D eigenvalue weighted by Crippen LogP contribution is -2.26. The van der Waals surface area contributed by atoms with Gasteiger partial charge in [0.15, 0.2) is 6.61 Å². The molecule has 2 rings (SSSR count). The van der Waals surface area contributed by atoms with Crippen molar-refractivity contribution in [3.05, 3.63) is 24.3 Å². The Hall–Kier alpha value is -2.08. The summed E-state index contributed by atoms with van der Waals surface area (Å²) in [5, 5.41) is 2.76. The summed E-state index contributed by atoms with van der Waals surface area (Å²) < 4.78 is 10.4. The van der Waals surface area contributed by atoms with Gasteiger partial charge in [-0.25, -0.2) is 0 Å². The van der Waals surface area contributed by atoms with E-state index in [1.165, 1.54) is 0 Å². The Morgan fingerprint density at radius 2 is 2.11 bits per heavy atom. The number of anilines is 1. The molecule has 0 bridgehead atoms. The van der Waals surface area contributed by atoms with Crippen molar-refractivity contribution in [1.29, 1.82) is 0 Å². The van der Waals surface area contributed by atoms with Crippen LogP contribution < -0.4 is 15.8 Å². The van der Waals surface area contributed by atoms with E-state index in [0.29, 0.717) is 18.0 Å². The normalized spacial score (nSPS) is 18.0. The molecule has 0 spiro atoms. The lowest BCUT2D eigenvalue weighted by Gasteiger charge is -2.11. The highest BCUT2D eigenvalue weighted by molar-refractivity contribution is 5.94. The van der Waals surface area contributed by atoms with Gasteiger partial charge in [0.05, 0.1) is 0 Å². The van der Waals surface area contributed by atoms with Crippen LogP contribution in [0.2, 0.25) is 0 Å². The van der Waals surface area contributed by atoms with Crippen molar-refractivity contribution in [3.63, 3.8) is 0 Å². The van der Waals surface area contributed by atoms with E-state index in [-0.39, 0.29) is 18.6 Å². The lowest BCUT2D eigenvalue weighted by atomic mass is 10.2. The zero-order valence-electron chi connectivity index (χ0n) is 10.4. The highest BCUT2D eigenvalue weighted by atomic mass is 16.5. The van der Waals surface area contributed by atoms with Gasteiger partial charge in [0, 0.05) is 12.3 Å². The van der Waals surface area contributed by atoms with Crippen LogP contribution in [-0.2, 0) is 14.3 Å². The van der Waals surface area contributed by atoms with E-state index < -0.39 is 5.91 Å². The average Bonchev–Trinajstić information content (AvgIpc) is 2.92. The predicted molar refractivity (Wildman–Crippen MR) is 68.7 cm³/mol. The van der Waals surface area contributed by atoms with Gasteiger partial charge < -0.3 is 20.5 Å². The molecule has 6 heteroatoms. The molecule has 1 saturated heterocycles. The number of benzene rings is 1. The van der Waals surface area contributed by atoms with Crippen molar-refractivity contribution in [2.45, 2.75) is 18.9 Å². The van der Waals surface area contributed by atoms with Gasteiger partial charge >= 0.3 is 0 Å². The molecule has 1 aliphatic heterocycles. The molecular formula is C13H16N2O4. The van der Waals surface area contributed by atoms with Crippen molar-refractivity contribution in [1.82, 2.24) is 0 Å². The van der Waals surface area contributed by atoms with Crippen LogP contribution in [0.5, 0.6) is 5.75 Å². The SMILES string of the molecule is NC(=O)COc1ccc(NC(=O)[C@H]2CCCO2)cc1. The third kappa shape index (κ3) is 3.96. The van der Waals surface area contributed by atoms with Crippen LogP contribution in [0.15, 0.2) is 24.3 Å². The highest BCUT2D eigenvalue weighted by Crippen LogP contribution is 2.18. The van der Waals surface area contributed by atoms with Gasteiger partial charge in [0.2, 0.25) is 0 Å². The van der Waals surface area contributed by atoms with E-state index in [1.807, 2.05) is 0 Å². The van der Waals surface area contributed by atoms with Crippen LogP contribution in [0.1, 0.15) is 12.8 Å². The van der Waals surface area contributed by atoms with Crippen molar-refractivity contribution in [2.75, 3.05) is 18.5 Å². The van der Waals surface area contributed by atoms with Gasteiger partial charge in [-0.15, -0.1) is 0 Å². The molecule has 1 aliphatic rings. The Balaban J connectivity index is 1.87. The van der Waals surface area contributed by atoms with E-state index >= 15 is 0 Å². The molecule has 1 atom stereocenters. The zero-order chi connectivity index (χ0) is 13.7.